The van der Waals surface area contributed by atoms with Crippen molar-refractivity contribution in [3.63, 3.8) is 0 Å². The van der Waals surface area contributed by atoms with Crippen molar-refractivity contribution in [3.8, 4) is 11.5 Å². The van der Waals surface area contributed by atoms with Crippen molar-refractivity contribution < 1.29 is 14.3 Å². The maximum Gasteiger partial charge on any atom is 0.276 e. The number of thiocarbonyl (C=S) groups is 1. The third kappa shape index (κ3) is 3.96. The summed E-state index contributed by atoms with van der Waals surface area (Å²) >= 11 is 8.68. The van der Waals surface area contributed by atoms with Gasteiger partial charge in [-0.25, -0.2) is 0 Å². The maximum atomic E-state index is 12.4. The molecular formula is C17H19BrN2O3S. The van der Waals surface area contributed by atoms with Crippen molar-refractivity contribution in [1.29, 1.82) is 0 Å². The van der Waals surface area contributed by atoms with Gasteiger partial charge in [0.05, 0.1) is 11.6 Å². The van der Waals surface area contributed by atoms with Gasteiger partial charge in [0.25, 0.3) is 5.91 Å². The van der Waals surface area contributed by atoms with Gasteiger partial charge >= 0.3 is 0 Å². The number of carbonyl (C=O) groups is 1. The zero-order valence-electron chi connectivity index (χ0n) is 13.6. The van der Waals surface area contributed by atoms with Crippen molar-refractivity contribution >= 4 is 45.2 Å². The molecule has 1 aliphatic rings. The van der Waals surface area contributed by atoms with Gasteiger partial charge < -0.3 is 14.8 Å². The Kier molecular flexibility index (Phi) is 6.39. The van der Waals surface area contributed by atoms with Crippen LogP contribution in [0.1, 0.15) is 18.9 Å². The van der Waals surface area contributed by atoms with Gasteiger partial charge in [0.1, 0.15) is 12.3 Å². The first kappa shape index (κ1) is 18.5. The number of ether oxygens (including phenoxy) is 2. The SMILES string of the molecule is C=CCOc1c(Br)cc(C=C2NC(=S)N(CCC)C2=O)cc1OC. The summed E-state index contributed by atoms with van der Waals surface area (Å²) in [4.78, 5) is 14.0. The van der Waals surface area contributed by atoms with Crippen LogP contribution in [0, 0.1) is 0 Å². The molecule has 0 radical (unpaired) electrons. The highest BCUT2D eigenvalue weighted by atomic mass is 79.9. The lowest BCUT2D eigenvalue weighted by Gasteiger charge is -2.12. The van der Waals surface area contributed by atoms with Crippen molar-refractivity contribution in [2.75, 3.05) is 20.3 Å². The second-order valence-corrected chi connectivity index (χ2v) is 6.32. The molecule has 1 aromatic carbocycles. The lowest BCUT2D eigenvalue weighted by Crippen LogP contribution is -2.31. The number of rotatable bonds is 7. The molecule has 1 fully saturated rings. The van der Waals surface area contributed by atoms with Crippen LogP contribution in [-0.4, -0.2) is 36.2 Å². The lowest BCUT2D eigenvalue weighted by molar-refractivity contribution is -0.122. The number of methoxy groups -OCH3 is 1. The fourth-order valence-electron chi connectivity index (χ4n) is 2.27. The quantitative estimate of drug-likeness (QED) is 0.423. The van der Waals surface area contributed by atoms with Crippen molar-refractivity contribution in [3.05, 3.63) is 40.5 Å². The Hall–Kier alpha value is -1.86. The van der Waals surface area contributed by atoms with Gasteiger partial charge in [-0.05, 0) is 58.3 Å². The minimum absolute atomic E-state index is 0.121. The second-order valence-electron chi connectivity index (χ2n) is 5.08. The summed E-state index contributed by atoms with van der Waals surface area (Å²) in [5.74, 6) is 1.04. The second kappa shape index (κ2) is 8.30. The molecule has 7 heteroatoms. The van der Waals surface area contributed by atoms with Crippen LogP contribution < -0.4 is 14.8 Å². The molecular weight excluding hydrogens is 392 g/mol. The molecule has 5 nitrogen and oxygen atoms in total. The van der Waals surface area contributed by atoms with Crippen LogP contribution in [0.3, 0.4) is 0 Å². The molecule has 0 aliphatic carbocycles. The van der Waals surface area contributed by atoms with Crippen molar-refractivity contribution in [2.45, 2.75) is 13.3 Å². The highest BCUT2D eigenvalue weighted by Crippen LogP contribution is 2.37. The standard InChI is InChI=1S/C17H19BrN2O3S/c1-4-6-20-16(21)13(19-17(20)24)9-11-8-12(18)15(23-7-5-2)14(10-11)22-3/h5,8-10H,2,4,6-7H2,1,3H3,(H,19,24). The van der Waals surface area contributed by atoms with E-state index in [1.807, 2.05) is 13.0 Å². The van der Waals surface area contributed by atoms with Crippen LogP contribution in [0.25, 0.3) is 6.08 Å². The van der Waals surface area contributed by atoms with E-state index in [9.17, 15) is 4.79 Å². The van der Waals surface area contributed by atoms with E-state index >= 15 is 0 Å². The fourth-order valence-corrected chi connectivity index (χ4v) is 3.13. The Bertz CT molecular complexity index is 703. The molecule has 1 saturated heterocycles. The predicted molar refractivity (Wildman–Crippen MR) is 102 cm³/mol. The molecule has 0 unspecified atom stereocenters. The number of benzene rings is 1. The number of nitrogens with one attached hydrogen (secondary N) is 1. The van der Waals surface area contributed by atoms with Crippen LogP contribution in [0.2, 0.25) is 0 Å². The summed E-state index contributed by atoms with van der Waals surface area (Å²) in [6.45, 7) is 6.60. The topological polar surface area (TPSA) is 50.8 Å². The molecule has 1 aromatic rings. The monoisotopic (exact) mass is 410 g/mol. The average Bonchev–Trinajstić information content (AvgIpc) is 2.81. The number of hydrogen-bond donors (Lipinski definition) is 1. The summed E-state index contributed by atoms with van der Waals surface area (Å²) in [7, 11) is 1.57. The zero-order chi connectivity index (χ0) is 17.7. The molecule has 0 saturated carbocycles. The lowest BCUT2D eigenvalue weighted by atomic mass is 10.1. The van der Waals surface area contributed by atoms with E-state index in [2.05, 4.69) is 27.8 Å². The normalized spacial score (nSPS) is 15.6. The van der Waals surface area contributed by atoms with E-state index < -0.39 is 0 Å². The molecule has 1 aliphatic heterocycles. The van der Waals surface area contributed by atoms with Crippen LogP contribution in [0.4, 0.5) is 0 Å². The molecule has 0 aromatic heterocycles. The largest absolute Gasteiger partial charge is 0.493 e. The van der Waals surface area contributed by atoms with Gasteiger partial charge in [0.15, 0.2) is 16.6 Å². The van der Waals surface area contributed by atoms with E-state index in [0.29, 0.717) is 35.5 Å². The number of amides is 1. The first-order chi connectivity index (χ1) is 11.5. The van der Waals surface area contributed by atoms with Crippen molar-refractivity contribution in [2.24, 2.45) is 0 Å². The van der Waals surface area contributed by atoms with E-state index in [4.69, 9.17) is 21.7 Å². The highest BCUT2D eigenvalue weighted by molar-refractivity contribution is 9.10. The van der Waals surface area contributed by atoms with Gasteiger partial charge in [-0.15, -0.1) is 0 Å². The van der Waals surface area contributed by atoms with Gasteiger partial charge in [-0.1, -0.05) is 19.6 Å². The van der Waals surface area contributed by atoms with Crippen LogP contribution in [0.5, 0.6) is 11.5 Å². The van der Waals surface area contributed by atoms with E-state index in [-0.39, 0.29) is 5.91 Å². The maximum absolute atomic E-state index is 12.4. The fraction of sp³-hybridized carbons (Fsp3) is 0.294. The van der Waals surface area contributed by atoms with Crippen LogP contribution in [-0.2, 0) is 4.79 Å². The van der Waals surface area contributed by atoms with Gasteiger partial charge in [0, 0.05) is 6.54 Å². The Labute approximate surface area is 155 Å². The van der Waals surface area contributed by atoms with E-state index in [1.54, 1.807) is 30.2 Å². The molecule has 128 valence electrons. The molecule has 2 rings (SSSR count). The molecule has 1 heterocycles. The Morgan fingerprint density at radius 3 is 2.83 bits per heavy atom. The Morgan fingerprint density at radius 2 is 2.21 bits per heavy atom. The highest BCUT2D eigenvalue weighted by Gasteiger charge is 2.29. The number of hydrogen-bond acceptors (Lipinski definition) is 4. The van der Waals surface area contributed by atoms with E-state index in [1.165, 1.54) is 0 Å². The molecule has 0 spiro atoms. The van der Waals surface area contributed by atoms with Gasteiger partial charge in [0.2, 0.25) is 0 Å². The minimum Gasteiger partial charge on any atom is -0.493 e. The molecule has 0 atom stereocenters. The first-order valence-electron chi connectivity index (χ1n) is 7.47. The first-order valence-corrected chi connectivity index (χ1v) is 8.67. The number of nitrogens with zero attached hydrogens (tertiary/aromatic N) is 1. The van der Waals surface area contributed by atoms with E-state index in [0.717, 1.165) is 16.5 Å². The number of halogens is 1. The average molecular weight is 411 g/mol. The summed E-state index contributed by atoms with van der Waals surface area (Å²) in [5.41, 5.74) is 1.24. The van der Waals surface area contributed by atoms with Crippen LogP contribution in [0.15, 0.2) is 35.0 Å². The molecule has 1 N–H and O–H groups in total. The Balaban J connectivity index is 2.33. The Morgan fingerprint density at radius 1 is 1.46 bits per heavy atom. The van der Waals surface area contributed by atoms with Gasteiger partial charge in [-0.2, -0.15) is 0 Å². The summed E-state index contributed by atoms with van der Waals surface area (Å²) in [6, 6.07) is 3.66. The summed E-state index contributed by atoms with van der Waals surface area (Å²) < 4.78 is 11.7. The third-order valence-corrected chi connectivity index (χ3v) is 4.23. The summed E-state index contributed by atoms with van der Waals surface area (Å²) in [5, 5.41) is 3.40. The summed E-state index contributed by atoms with van der Waals surface area (Å²) in [6.07, 6.45) is 4.25. The smallest absolute Gasteiger partial charge is 0.276 e. The molecule has 1 amide bonds. The van der Waals surface area contributed by atoms with Crippen LogP contribution >= 0.6 is 28.1 Å². The predicted octanol–water partition coefficient (Wildman–Crippen LogP) is 3.49. The van der Waals surface area contributed by atoms with Gasteiger partial charge in [-0.3, -0.25) is 9.69 Å². The number of carbonyl (C=O) groups excluding carboxylic acids is 1. The van der Waals surface area contributed by atoms with Crippen molar-refractivity contribution in [1.82, 2.24) is 10.2 Å². The molecule has 0 bridgehead atoms. The molecule has 24 heavy (non-hydrogen) atoms. The zero-order valence-corrected chi connectivity index (χ0v) is 16.0. The minimum atomic E-state index is -0.121. The third-order valence-electron chi connectivity index (χ3n) is 3.32.